The van der Waals surface area contributed by atoms with Gasteiger partial charge < -0.3 is 4.90 Å². The molecule has 0 radical (unpaired) electrons. The highest BCUT2D eigenvalue weighted by Gasteiger charge is 2.25. The molecule has 4 heteroatoms. The SMILES string of the molecule is C[C@@H](Cc1cccs1)N(Cc1ccc(Cl)cc1)C(=O)CC1CCCC1. The second-order valence-electron chi connectivity index (χ2n) is 7.14. The summed E-state index contributed by atoms with van der Waals surface area (Å²) in [5.74, 6) is 0.875. The highest BCUT2D eigenvalue weighted by Crippen LogP contribution is 2.29. The Labute approximate surface area is 159 Å². The summed E-state index contributed by atoms with van der Waals surface area (Å²) >= 11 is 7.77. The molecule has 1 aliphatic carbocycles. The topological polar surface area (TPSA) is 20.3 Å². The maximum atomic E-state index is 13.0. The van der Waals surface area contributed by atoms with E-state index in [-0.39, 0.29) is 6.04 Å². The molecule has 2 nitrogen and oxygen atoms in total. The average Bonchev–Trinajstić information content (AvgIpc) is 3.28. The van der Waals surface area contributed by atoms with E-state index in [1.807, 2.05) is 24.3 Å². The van der Waals surface area contributed by atoms with Gasteiger partial charge in [0.15, 0.2) is 0 Å². The van der Waals surface area contributed by atoms with Crippen molar-refractivity contribution in [2.24, 2.45) is 5.92 Å². The normalized spacial score (nSPS) is 16.1. The number of halogens is 1. The quantitative estimate of drug-likeness (QED) is 0.586. The predicted octanol–water partition coefficient (Wildman–Crippen LogP) is 5.94. The summed E-state index contributed by atoms with van der Waals surface area (Å²) in [6.45, 7) is 2.83. The Morgan fingerprint density at radius 1 is 1.24 bits per heavy atom. The second kappa shape index (κ2) is 8.86. The van der Waals surface area contributed by atoms with Crippen molar-refractivity contribution in [3.8, 4) is 0 Å². The number of hydrogen-bond donors (Lipinski definition) is 0. The largest absolute Gasteiger partial charge is 0.335 e. The third-order valence-electron chi connectivity index (χ3n) is 5.13. The van der Waals surface area contributed by atoms with Gasteiger partial charge in [-0.1, -0.05) is 42.6 Å². The highest BCUT2D eigenvalue weighted by molar-refractivity contribution is 7.09. The second-order valence-corrected chi connectivity index (χ2v) is 8.60. The zero-order valence-corrected chi connectivity index (χ0v) is 16.4. The lowest BCUT2D eigenvalue weighted by atomic mass is 10.0. The van der Waals surface area contributed by atoms with Crippen LogP contribution in [-0.4, -0.2) is 16.8 Å². The van der Waals surface area contributed by atoms with Gasteiger partial charge in [-0.25, -0.2) is 0 Å². The van der Waals surface area contributed by atoms with Crippen LogP contribution < -0.4 is 0 Å². The van der Waals surface area contributed by atoms with Crippen LogP contribution in [0.2, 0.25) is 5.02 Å². The molecular formula is C21H26ClNOS. The lowest BCUT2D eigenvalue weighted by Gasteiger charge is -2.30. The zero-order chi connectivity index (χ0) is 17.6. The third kappa shape index (κ3) is 5.32. The van der Waals surface area contributed by atoms with E-state index in [1.165, 1.54) is 30.6 Å². The van der Waals surface area contributed by atoms with Crippen LogP contribution in [0.3, 0.4) is 0 Å². The first-order valence-electron chi connectivity index (χ1n) is 9.18. The van der Waals surface area contributed by atoms with Crippen LogP contribution in [0.5, 0.6) is 0 Å². The fourth-order valence-corrected chi connectivity index (χ4v) is 4.64. The fraction of sp³-hybridized carbons (Fsp3) is 0.476. The Bertz CT molecular complexity index is 662. The van der Waals surface area contributed by atoms with E-state index in [4.69, 9.17) is 11.6 Å². The van der Waals surface area contributed by atoms with Crippen LogP contribution >= 0.6 is 22.9 Å². The first kappa shape index (κ1) is 18.5. The van der Waals surface area contributed by atoms with Crippen molar-refractivity contribution in [2.45, 2.75) is 58.0 Å². The Balaban J connectivity index is 1.71. The summed E-state index contributed by atoms with van der Waals surface area (Å²) in [4.78, 5) is 16.4. The smallest absolute Gasteiger partial charge is 0.223 e. The first-order valence-corrected chi connectivity index (χ1v) is 10.4. The van der Waals surface area contributed by atoms with Gasteiger partial charge in [-0.2, -0.15) is 0 Å². The Hall–Kier alpha value is -1.32. The number of amides is 1. The minimum absolute atomic E-state index is 0.197. The van der Waals surface area contributed by atoms with Crippen LogP contribution in [0, 0.1) is 5.92 Å². The van der Waals surface area contributed by atoms with Crippen molar-refractivity contribution in [3.63, 3.8) is 0 Å². The van der Waals surface area contributed by atoms with Crippen molar-refractivity contribution in [2.75, 3.05) is 0 Å². The molecule has 1 atom stereocenters. The van der Waals surface area contributed by atoms with E-state index in [0.717, 1.165) is 17.0 Å². The van der Waals surface area contributed by atoms with Crippen LogP contribution in [0.25, 0.3) is 0 Å². The minimum atomic E-state index is 0.197. The molecule has 2 aromatic rings. The van der Waals surface area contributed by atoms with Crippen LogP contribution in [0.1, 0.15) is 49.5 Å². The number of rotatable bonds is 7. The Kier molecular flexibility index (Phi) is 6.55. The molecule has 134 valence electrons. The first-order chi connectivity index (χ1) is 12.1. The molecule has 3 rings (SSSR count). The van der Waals surface area contributed by atoms with E-state index < -0.39 is 0 Å². The lowest BCUT2D eigenvalue weighted by molar-refractivity contribution is -0.134. The molecular weight excluding hydrogens is 350 g/mol. The van der Waals surface area contributed by atoms with Gasteiger partial charge in [0.25, 0.3) is 0 Å². The molecule has 0 saturated heterocycles. The summed E-state index contributed by atoms with van der Waals surface area (Å²) in [6, 6.07) is 12.3. The summed E-state index contributed by atoms with van der Waals surface area (Å²) < 4.78 is 0. The number of thiophene rings is 1. The van der Waals surface area contributed by atoms with E-state index >= 15 is 0 Å². The molecule has 0 bridgehead atoms. The van der Waals surface area contributed by atoms with Gasteiger partial charge in [0.2, 0.25) is 5.91 Å². The van der Waals surface area contributed by atoms with Gasteiger partial charge in [0.05, 0.1) is 0 Å². The predicted molar refractivity (Wildman–Crippen MR) is 106 cm³/mol. The molecule has 25 heavy (non-hydrogen) atoms. The number of hydrogen-bond acceptors (Lipinski definition) is 2. The highest BCUT2D eigenvalue weighted by atomic mass is 35.5. The van der Waals surface area contributed by atoms with Crippen LogP contribution in [-0.2, 0) is 17.8 Å². The number of nitrogens with zero attached hydrogens (tertiary/aromatic N) is 1. The number of carbonyl (C=O) groups excluding carboxylic acids is 1. The van der Waals surface area contributed by atoms with Crippen molar-refractivity contribution >= 4 is 28.8 Å². The molecule has 1 amide bonds. The molecule has 0 aliphatic heterocycles. The number of carbonyl (C=O) groups is 1. The molecule has 1 aliphatic rings. The summed E-state index contributed by atoms with van der Waals surface area (Å²) in [5, 5.41) is 2.84. The molecule has 1 saturated carbocycles. The molecule has 1 heterocycles. The van der Waals surface area contributed by atoms with Gasteiger partial charge in [-0.3, -0.25) is 4.79 Å². The maximum Gasteiger partial charge on any atom is 0.223 e. The fourth-order valence-electron chi connectivity index (χ4n) is 3.69. The summed E-state index contributed by atoms with van der Waals surface area (Å²) in [7, 11) is 0. The summed E-state index contributed by atoms with van der Waals surface area (Å²) in [6.07, 6.45) is 6.59. The van der Waals surface area contributed by atoms with E-state index in [9.17, 15) is 4.79 Å². The standard InChI is InChI=1S/C21H26ClNOS/c1-16(13-20-7-4-12-25-20)23(15-18-8-10-19(22)11-9-18)21(24)14-17-5-2-3-6-17/h4,7-12,16-17H,2-3,5-6,13-15H2,1H3/t16-/m0/s1. The molecule has 1 aromatic heterocycles. The Morgan fingerprint density at radius 2 is 1.96 bits per heavy atom. The van der Waals surface area contributed by atoms with Gasteiger partial charge in [0.1, 0.15) is 0 Å². The summed E-state index contributed by atoms with van der Waals surface area (Å²) in [5.41, 5.74) is 1.14. The average molecular weight is 376 g/mol. The monoisotopic (exact) mass is 375 g/mol. The molecule has 0 spiro atoms. The van der Waals surface area contributed by atoms with Gasteiger partial charge in [-0.05, 0) is 54.8 Å². The van der Waals surface area contributed by atoms with Crippen LogP contribution in [0.15, 0.2) is 41.8 Å². The minimum Gasteiger partial charge on any atom is -0.335 e. The molecule has 0 unspecified atom stereocenters. The Morgan fingerprint density at radius 3 is 2.60 bits per heavy atom. The van der Waals surface area contributed by atoms with E-state index in [0.29, 0.717) is 24.8 Å². The molecule has 0 N–H and O–H groups in total. The zero-order valence-electron chi connectivity index (χ0n) is 14.8. The third-order valence-corrected chi connectivity index (χ3v) is 6.28. The van der Waals surface area contributed by atoms with Crippen molar-refractivity contribution in [3.05, 3.63) is 57.2 Å². The van der Waals surface area contributed by atoms with Crippen LogP contribution in [0.4, 0.5) is 0 Å². The van der Waals surface area contributed by atoms with Gasteiger partial charge in [0, 0.05) is 35.3 Å². The van der Waals surface area contributed by atoms with Gasteiger partial charge in [-0.15, -0.1) is 11.3 Å². The van der Waals surface area contributed by atoms with Crippen molar-refractivity contribution < 1.29 is 4.79 Å². The van der Waals surface area contributed by atoms with Gasteiger partial charge >= 0.3 is 0 Å². The van der Waals surface area contributed by atoms with E-state index in [2.05, 4.69) is 29.3 Å². The van der Waals surface area contributed by atoms with E-state index in [1.54, 1.807) is 11.3 Å². The van der Waals surface area contributed by atoms with Crippen molar-refractivity contribution in [1.29, 1.82) is 0 Å². The molecule has 1 fully saturated rings. The lowest BCUT2D eigenvalue weighted by Crippen LogP contribution is -2.39. The van der Waals surface area contributed by atoms with Crippen molar-refractivity contribution in [1.82, 2.24) is 4.90 Å². The number of benzene rings is 1. The molecule has 1 aromatic carbocycles. The maximum absolute atomic E-state index is 13.0.